The fraction of sp³-hybridized carbons (Fsp3) is 0.529. The smallest absolute Gasteiger partial charge is 0.339 e. The van der Waals surface area contributed by atoms with Gasteiger partial charge in [0.05, 0.1) is 17.5 Å². The highest BCUT2D eigenvalue weighted by molar-refractivity contribution is 5.85. The van der Waals surface area contributed by atoms with Crippen molar-refractivity contribution < 1.29 is 17.7 Å². The van der Waals surface area contributed by atoms with Crippen molar-refractivity contribution >= 4 is 12.4 Å². The van der Waals surface area contributed by atoms with E-state index in [0.717, 1.165) is 31.8 Å². The van der Waals surface area contributed by atoms with Crippen molar-refractivity contribution in [2.24, 2.45) is 0 Å². The van der Waals surface area contributed by atoms with Gasteiger partial charge >= 0.3 is 6.18 Å². The van der Waals surface area contributed by atoms with E-state index in [2.05, 4.69) is 20.4 Å². The van der Waals surface area contributed by atoms with Crippen molar-refractivity contribution in [2.75, 3.05) is 26.7 Å². The van der Waals surface area contributed by atoms with Gasteiger partial charge in [0.15, 0.2) is 5.82 Å². The minimum Gasteiger partial charge on any atom is -0.339 e. The molecule has 1 aromatic heterocycles. The first-order chi connectivity index (χ1) is 11.9. The quantitative estimate of drug-likeness (QED) is 0.864. The maximum atomic E-state index is 13.0. The van der Waals surface area contributed by atoms with Crippen LogP contribution in [0.2, 0.25) is 0 Å². The van der Waals surface area contributed by atoms with E-state index in [-0.39, 0.29) is 24.4 Å². The lowest BCUT2D eigenvalue weighted by Gasteiger charge is -2.30. The molecule has 0 amide bonds. The van der Waals surface area contributed by atoms with Crippen molar-refractivity contribution in [1.82, 2.24) is 20.4 Å². The number of nitrogens with zero attached hydrogens (tertiary/aromatic N) is 3. The van der Waals surface area contributed by atoms with E-state index in [1.165, 1.54) is 6.07 Å². The highest BCUT2D eigenvalue weighted by Gasteiger charge is 2.32. The Morgan fingerprint density at radius 2 is 2.15 bits per heavy atom. The molecule has 2 heterocycles. The summed E-state index contributed by atoms with van der Waals surface area (Å²) in [7, 11) is 1.99. The lowest BCUT2D eigenvalue weighted by Crippen LogP contribution is -2.44. The van der Waals surface area contributed by atoms with Gasteiger partial charge in [0.25, 0.3) is 0 Å². The van der Waals surface area contributed by atoms with E-state index in [0.29, 0.717) is 23.7 Å². The Bertz CT molecular complexity index is 722. The Hall–Kier alpha value is -1.64. The van der Waals surface area contributed by atoms with Gasteiger partial charge in [-0.05, 0) is 25.1 Å². The molecule has 2 aromatic rings. The number of halogens is 4. The number of hydrogen-bond acceptors (Lipinski definition) is 5. The van der Waals surface area contributed by atoms with Crippen LogP contribution in [0.5, 0.6) is 0 Å². The zero-order chi connectivity index (χ0) is 18.0. The molecule has 1 aromatic carbocycles. The van der Waals surface area contributed by atoms with Crippen LogP contribution in [0.1, 0.15) is 48.1 Å². The van der Waals surface area contributed by atoms with Gasteiger partial charge in [0.1, 0.15) is 0 Å². The number of alkyl halides is 3. The predicted octanol–water partition coefficient (Wildman–Crippen LogP) is 3.63. The Kier molecular flexibility index (Phi) is 6.65. The van der Waals surface area contributed by atoms with E-state index in [1.807, 2.05) is 14.0 Å². The third-order valence-electron chi connectivity index (χ3n) is 4.59. The minimum absolute atomic E-state index is 0. The average molecular weight is 391 g/mol. The molecule has 2 unspecified atom stereocenters. The second-order valence-corrected chi connectivity index (χ2v) is 6.28. The molecule has 1 aliphatic heterocycles. The van der Waals surface area contributed by atoms with Crippen molar-refractivity contribution in [1.29, 1.82) is 0 Å². The van der Waals surface area contributed by atoms with E-state index in [9.17, 15) is 13.2 Å². The average Bonchev–Trinajstić information content (AvgIpc) is 3.05. The molecular formula is C17H22ClF3N4O. The summed E-state index contributed by atoms with van der Waals surface area (Å²) in [6.45, 7) is 4.39. The van der Waals surface area contributed by atoms with E-state index >= 15 is 0 Å². The molecule has 9 heteroatoms. The summed E-state index contributed by atoms with van der Waals surface area (Å²) < 4.78 is 44.3. The lowest BCUT2D eigenvalue weighted by molar-refractivity contribution is -0.137. The van der Waals surface area contributed by atoms with E-state index < -0.39 is 11.7 Å². The van der Waals surface area contributed by atoms with Crippen LogP contribution < -0.4 is 5.32 Å². The van der Waals surface area contributed by atoms with Gasteiger partial charge in [-0.25, -0.2) is 0 Å². The Morgan fingerprint density at radius 3 is 2.81 bits per heavy atom. The van der Waals surface area contributed by atoms with Gasteiger partial charge in [-0.3, -0.25) is 4.90 Å². The maximum Gasteiger partial charge on any atom is 0.416 e. The van der Waals surface area contributed by atoms with E-state index in [1.54, 1.807) is 6.07 Å². The summed E-state index contributed by atoms with van der Waals surface area (Å²) in [6.07, 6.45) is -3.80. The van der Waals surface area contributed by atoms with Gasteiger partial charge in [0, 0.05) is 19.6 Å². The number of piperazine rings is 1. The lowest BCUT2D eigenvalue weighted by atomic mass is 9.94. The van der Waals surface area contributed by atoms with Crippen LogP contribution in [0.15, 0.2) is 28.8 Å². The number of aromatic nitrogens is 2. The van der Waals surface area contributed by atoms with Gasteiger partial charge in [-0.2, -0.15) is 18.2 Å². The first-order valence-corrected chi connectivity index (χ1v) is 8.31. The first-order valence-electron chi connectivity index (χ1n) is 8.31. The van der Waals surface area contributed by atoms with Gasteiger partial charge in [-0.15, -0.1) is 12.4 Å². The molecule has 1 fully saturated rings. The van der Waals surface area contributed by atoms with Gasteiger partial charge in [-0.1, -0.05) is 30.3 Å². The number of rotatable bonds is 4. The van der Waals surface area contributed by atoms with Crippen LogP contribution >= 0.6 is 12.4 Å². The third-order valence-corrected chi connectivity index (χ3v) is 4.59. The van der Waals surface area contributed by atoms with Crippen LogP contribution in [-0.4, -0.2) is 41.7 Å². The summed E-state index contributed by atoms with van der Waals surface area (Å²) in [6, 6.07) is 5.31. The summed E-state index contributed by atoms with van der Waals surface area (Å²) in [5, 5.41) is 7.35. The Balaban J connectivity index is 0.00000243. The van der Waals surface area contributed by atoms with Crippen LogP contribution in [0.4, 0.5) is 13.2 Å². The molecule has 3 rings (SSSR count). The molecule has 1 N–H and O–H groups in total. The zero-order valence-electron chi connectivity index (χ0n) is 14.6. The van der Waals surface area contributed by atoms with Gasteiger partial charge < -0.3 is 9.84 Å². The monoisotopic (exact) mass is 390 g/mol. The Labute approximate surface area is 156 Å². The summed E-state index contributed by atoms with van der Waals surface area (Å²) in [4.78, 5) is 6.62. The molecule has 2 atom stereocenters. The van der Waals surface area contributed by atoms with Crippen molar-refractivity contribution in [3.8, 4) is 0 Å². The zero-order valence-corrected chi connectivity index (χ0v) is 15.4. The molecule has 144 valence electrons. The fourth-order valence-corrected chi connectivity index (χ4v) is 3.10. The predicted molar refractivity (Wildman–Crippen MR) is 93.4 cm³/mol. The molecule has 26 heavy (non-hydrogen) atoms. The third kappa shape index (κ3) is 4.36. The van der Waals surface area contributed by atoms with Crippen molar-refractivity contribution in [3.63, 3.8) is 0 Å². The molecule has 0 spiro atoms. The van der Waals surface area contributed by atoms with Crippen LogP contribution in [0, 0.1) is 0 Å². The molecule has 1 saturated heterocycles. The SMILES string of the molecule is CCC(c1cccc(C(F)(F)F)c1)c1nc(C2CNCCN2C)no1.Cl. The topological polar surface area (TPSA) is 54.2 Å². The first kappa shape index (κ1) is 20.7. The van der Waals surface area contributed by atoms with E-state index in [4.69, 9.17) is 4.52 Å². The molecule has 5 nitrogen and oxygen atoms in total. The van der Waals surface area contributed by atoms with Crippen LogP contribution in [0.3, 0.4) is 0 Å². The van der Waals surface area contributed by atoms with Crippen LogP contribution in [0.25, 0.3) is 0 Å². The molecule has 0 bridgehead atoms. The summed E-state index contributed by atoms with van der Waals surface area (Å²) >= 11 is 0. The molecule has 0 saturated carbocycles. The van der Waals surface area contributed by atoms with Crippen molar-refractivity contribution in [2.45, 2.75) is 31.5 Å². The number of benzene rings is 1. The second kappa shape index (κ2) is 8.37. The molecular weight excluding hydrogens is 369 g/mol. The maximum absolute atomic E-state index is 13.0. The molecule has 0 radical (unpaired) electrons. The molecule has 1 aliphatic rings. The number of nitrogens with one attached hydrogen (secondary N) is 1. The number of likely N-dealkylation sites (N-methyl/N-ethyl adjacent to an activating group) is 1. The Morgan fingerprint density at radius 1 is 1.38 bits per heavy atom. The van der Waals surface area contributed by atoms with Crippen LogP contribution in [-0.2, 0) is 6.18 Å². The standard InChI is InChI=1S/C17H21F3N4O.ClH/c1-3-13(11-5-4-6-12(9-11)17(18,19)20)16-22-15(23-25-16)14-10-21-7-8-24(14)2;/h4-6,9,13-14,21H,3,7-8,10H2,1-2H3;1H. The van der Waals surface area contributed by atoms with Crippen molar-refractivity contribution in [3.05, 3.63) is 47.1 Å². The second-order valence-electron chi connectivity index (χ2n) is 6.28. The normalized spacial score (nSPS) is 19.8. The fourth-order valence-electron chi connectivity index (χ4n) is 3.10. The summed E-state index contributed by atoms with van der Waals surface area (Å²) in [5.74, 6) is 0.566. The van der Waals surface area contributed by atoms with Gasteiger partial charge in [0.2, 0.25) is 5.89 Å². The largest absolute Gasteiger partial charge is 0.416 e. The highest BCUT2D eigenvalue weighted by Crippen LogP contribution is 2.34. The molecule has 0 aliphatic carbocycles. The minimum atomic E-state index is -4.37. The summed E-state index contributed by atoms with van der Waals surface area (Å²) in [5.41, 5.74) is -0.137. The number of hydrogen-bond donors (Lipinski definition) is 1. The highest BCUT2D eigenvalue weighted by atomic mass is 35.5.